The van der Waals surface area contributed by atoms with Gasteiger partial charge in [-0.3, -0.25) is 0 Å². The second-order valence-electron chi connectivity index (χ2n) is 6.29. The third kappa shape index (κ3) is 5.67. The van der Waals surface area contributed by atoms with Crippen molar-refractivity contribution < 1.29 is 30.4 Å². The monoisotopic (exact) mass is 409 g/mol. The number of hydrogen-bond donors (Lipinski definition) is 5. The SMILES string of the molecule is CCOc1ccc(Cc2cc(C(O)C(O)C(O)C(O)C=NO)ccc2Cl)cc1. The summed E-state index contributed by atoms with van der Waals surface area (Å²) in [6, 6.07) is 12.3. The number of aliphatic hydroxyl groups excluding tert-OH is 4. The van der Waals surface area contributed by atoms with E-state index in [-0.39, 0.29) is 0 Å². The second-order valence-corrected chi connectivity index (χ2v) is 6.69. The summed E-state index contributed by atoms with van der Waals surface area (Å²) >= 11 is 6.26. The molecule has 0 saturated carbocycles. The summed E-state index contributed by atoms with van der Waals surface area (Å²) in [6.07, 6.45) is -5.41. The maximum absolute atomic E-state index is 10.4. The van der Waals surface area contributed by atoms with Gasteiger partial charge in [0.15, 0.2) is 0 Å². The van der Waals surface area contributed by atoms with E-state index in [2.05, 4.69) is 5.16 Å². The average molecular weight is 410 g/mol. The lowest BCUT2D eigenvalue weighted by Gasteiger charge is -2.25. The largest absolute Gasteiger partial charge is 0.494 e. The molecule has 28 heavy (non-hydrogen) atoms. The van der Waals surface area contributed by atoms with Crippen LogP contribution in [0.4, 0.5) is 0 Å². The third-order valence-electron chi connectivity index (χ3n) is 4.28. The molecule has 4 atom stereocenters. The maximum atomic E-state index is 10.4. The minimum absolute atomic E-state index is 0.324. The van der Waals surface area contributed by atoms with Gasteiger partial charge in [0.05, 0.1) is 12.8 Å². The summed E-state index contributed by atoms with van der Waals surface area (Å²) < 4.78 is 5.41. The topological polar surface area (TPSA) is 123 Å². The molecule has 8 heteroatoms. The summed E-state index contributed by atoms with van der Waals surface area (Å²) in [4.78, 5) is 0. The Morgan fingerprint density at radius 2 is 1.71 bits per heavy atom. The van der Waals surface area contributed by atoms with E-state index in [1.807, 2.05) is 31.2 Å². The predicted molar refractivity (Wildman–Crippen MR) is 105 cm³/mol. The van der Waals surface area contributed by atoms with Gasteiger partial charge >= 0.3 is 0 Å². The number of benzene rings is 2. The Morgan fingerprint density at radius 1 is 1.04 bits per heavy atom. The van der Waals surface area contributed by atoms with Gasteiger partial charge in [-0.1, -0.05) is 41.0 Å². The van der Waals surface area contributed by atoms with Crippen LogP contribution in [0.25, 0.3) is 0 Å². The van der Waals surface area contributed by atoms with Crippen LogP contribution in [0.15, 0.2) is 47.6 Å². The molecule has 0 fully saturated rings. The van der Waals surface area contributed by atoms with Crippen molar-refractivity contribution in [2.45, 2.75) is 37.8 Å². The minimum atomic E-state index is -1.74. The van der Waals surface area contributed by atoms with E-state index in [1.165, 1.54) is 6.07 Å². The first-order chi connectivity index (χ1) is 13.4. The molecule has 0 spiro atoms. The minimum Gasteiger partial charge on any atom is -0.494 e. The molecule has 2 aromatic carbocycles. The smallest absolute Gasteiger partial charge is 0.121 e. The van der Waals surface area contributed by atoms with Crippen LogP contribution in [-0.4, -0.2) is 56.8 Å². The van der Waals surface area contributed by atoms with Gasteiger partial charge in [0.2, 0.25) is 0 Å². The number of oxime groups is 1. The van der Waals surface area contributed by atoms with Gasteiger partial charge in [-0.25, -0.2) is 0 Å². The first kappa shape index (κ1) is 22.1. The molecule has 2 aromatic rings. The van der Waals surface area contributed by atoms with Crippen LogP contribution in [-0.2, 0) is 6.42 Å². The van der Waals surface area contributed by atoms with E-state index in [4.69, 9.17) is 21.5 Å². The Morgan fingerprint density at radius 3 is 2.32 bits per heavy atom. The molecule has 0 aromatic heterocycles. The van der Waals surface area contributed by atoms with Gasteiger partial charge in [-0.2, -0.15) is 0 Å². The molecular formula is C20H24ClNO6. The summed E-state index contributed by atoms with van der Waals surface area (Å²) in [7, 11) is 0. The van der Waals surface area contributed by atoms with Gasteiger partial charge in [0.1, 0.15) is 30.2 Å². The second kappa shape index (κ2) is 10.4. The molecule has 0 bridgehead atoms. The van der Waals surface area contributed by atoms with Crippen molar-refractivity contribution in [3.63, 3.8) is 0 Å². The fourth-order valence-corrected chi connectivity index (χ4v) is 2.93. The normalized spacial score (nSPS) is 15.9. The number of aliphatic hydroxyl groups is 4. The standard InChI is InChI=1S/C20H24ClNO6/c1-2-28-15-6-3-12(4-7-15)9-14-10-13(5-8-16(14)21)18(24)20(26)19(25)17(23)11-22-27/h3-8,10-11,17-20,23-27H,2,9H2,1H3. The lowest BCUT2D eigenvalue weighted by Crippen LogP contribution is -2.41. The van der Waals surface area contributed by atoms with E-state index in [0.717, 1.165) is 16.9 Å². The first-order valence-corrected chi connectivity index (χ1v) is 9.15. The maximum Gasteiger partial charge on any atom is 0.121 e. The van der Waals surface area contributed by atoms with Gasteiger partial charge in [-0.05, 0) is 48.2 Å². The Balaban J connectivity index is 2.17. The van der Waals surface area contributed by atoms with Gasteiger partial charge in [-0.15, -0.1) is 0 Å². The zero-order chi connectivity index (χ0) is 20.7. The van der Waals surface area contributed by atoms with Gasteiger partial charge in [0, 0.05) is 5.02 Å². The Kier molecular flexibility index (Phi) is 8.22. The zero-order valence-corrected chi connectivity index (χ0v) is 16.1. The Hall–Kier alpha value is -2.16. The van der Waals surface area contributed by atoms with Crippen LogP contribution in [0.2, 0.25) is 5.02 Å². The highest BCUT2D eigenvalue weighted by atomic mass is 35.5. The molecule has 152 valence electrons. The summed E-state index contributed by atoms with van der Waals surface area (Å²) in [5.74, 6) is 0.767. The van der Waals surface area contributed by atoms with Crippen molar-refractivity contribution >= 4 is 17.8 Å². The van der Waals surface area contributed by atoms with Crippen molar-refractivity contribution in [2.24, 2.45) is 5.16 Å². The van der Waals surface area contributed by atoms with E-state index in [0.29, 0.717) is 29.8 Å². The number of ether oxygens (including phenoxy) is 1. The predicted octanol–water partition coefficient (Wildman–Crippen LogP) is 1.91. The zero-order valence-electron chi connectivity index (χ0n) is 15.3. The van der Waals surface area contributed by atoms with Crippen LogP contribution in [0.1, 0.15) is 29.7 Å². The van der Waals surface area contributed by atoms with E-state index in [9.17, 15) is 20.4 Å². The van der Waals surface area contributed by atoms with E-state index in [1.54, 1.807) is 12.1 Å². The van der Waals surface area contributed by atoms with Crippen molar-refractivity contribution in [1.82, 2.24) is 0 Å². The Bertz CT molecular complexity index is 783. The Labute approximate surface area is 168 Å². The summed E-state index contributed by atoms with van der Waals surface area (Å²) in [5.41, 5.74) is 2.03. The molecule has 0 heterocycles. The lowest BCUT2D eigenvalue weighted by atomic mass is 9.95. The van der Waals surface area contributed by atoms with Crippen LogP contribution < -0.4 is 4.74 Å². The molecule has 0 aliphatic rings. The molecule has 5 N–H and O–H groups in total. The van der Waals surface area contributed by atoms with Gasteiger partial charge < -0.3 is 30.4 Å². The number of rotatable bonds is 9. The molecule has 0 aliphatic heterocycles. The molecule has 0 aliphatic carbocycles. The van der Waals surface area contributed by atoms with Crippen LogP contribution >= 0.6 is 11.6 Å². The lowest BCUT2D eigenvalue weighted by molar-refractivity contribution is -0.0895. The highest BCUT2D eigenvalue weighted by Gasteiger charge is 2.31. The molecular weight excluding hydrogens is 386 g/mol. The molecule has 2 rings (SSSR count). The number of halogens is 1. The number of hydrogen-bond acceptors (Lipinski definition) is 7. The highest BCUT2D eigenvalue weighted by molar-refractivity contribution is 6.31. The summed E-state index contributed by atoms with van der Waals surface area (Å²) in [5, 5.41) is 51.4. The molecule has 0 saturated heterocycles. The molecule has 7 nitrogen and oxygen atoms in total. The van der Waals surface area contributed by atoms with Crippen molar-refractivity contribution in [2.75, 3.05) is 6.61 Å². The fraction of sp³-hybridized carbons (Fsp3) is 0.350. The molecule has 0 radical (unpaired) electrons. The van der Waals surface area contributed by atoms with Crippen molar-refractivity contribution in [1.29, 1.82) is 0 Å². The van der Waals surface area contributed by atoms with E-state index >= 15 is 0 Å². The van der Waals surface area contributed by atoms with Crippen LogP contribution in [0.3, 0.4) is 0 Å². The first-order valence-electron chi connectivity index (χ1n) is 8.77. The number of nitrogens with zero attached hydrogens (tertiary/aromatic N) is 1. The van der Waals surface area contributed by atoms with Gasteiger partial charge in [0.25, 0.3) is 0 Å². The van der Waals surface area contributed by atoms with Crippen LogP contribution in [0, 0.1) is 0 Å². The van der Waals surface area contributed by atoms with Crippen molar-refractivity contribution in [3.8, 4) is 5.75 Å². The van der Waals surface area contributed by atoms with Crippen molar-refractivity contribution in [3.05, 3.63) is 64.2 Å². The van der Waals surface area contributed by atoms with Crippen LogP contribution in [0.5, 0.6) is 5.75 Å². The molecule has 4 unspecified atom stereocenters. The quantitative estimate of drug-likeness (QED) is 0.245. The fourth-order valence-electron chi connectivity index (χ4n) is 2.75. The average Bonchev–Trinajstić information content (AvgIpc) is 2.69. The van der Waals surface area contributed by atoms with E-state index < -0.39 is 24.4 Å². The highest BCUT2D eigenvalue weighted by Crippen LogP contribution is 2.27. The summed E-state index contributed by atoms with van der Waals surface area (Å²) in [6.45, 7) is 2.49. The third-order valence-corrected chi connectivity index (χ3v) is 4.65. The molecule has 0 amide bonds.